The summed E-state index contributed by atoms with van der Waals surface area (Å²) in [7, 11) is 0. The van der Waals surface area contributed by atoms with Crippen molar-refractivity contribution in [3.8, 4) is 0 Å². The Bertz CT molecular complexity index is 274. The molecule has 0 aliphatic carbocycles. The fourth-order valence-electron chi connectivity index (χ4n) is 3.77. The Labute approximate surface area is 112 Å². The zero-order valence-corrected chi connectivity index (χ0v) is 12.0. The van der Waals surface area contributed by atoms with Crippen molar-refractivity contribution in [1.82, 2.24) is 4.90 Å². The number of aliphatic hydroxyl groups excluding tert-OH is 1. The molecule has 2 saturated heterocycles. The van der Waals surface area contributed by atoms with Gasteiger partial charge >= 0.3 is 0 Å². The summed E-state index contributed by atoms with van der Waals surface area (Å²) in [4.78, 5) is 2.80. The predicted octanol–water partition coefficient (Wildman–Crippen LogP) is 3.36. The molecule has 0 bridgehead atoms. The van der Waals surface area contributed by atoms with Crippen LogP contribution in [0.1, 0.15) is 58.8 Å². The summed E-state index contributed by atoms with van der Waals surface area (Å²) >= 11 is 0. The van der Waals surface area contributed by atoms with Crippen LogP contribution in [0.4, 0.5) is 0 Å². The maximum absolute atomic E-state index is 9.16. The lowest BCUT2D eigenvalue weighted by atomic mass is 9.85. The van der Waals surface area contributed by atoms with Crippen molar-refractivity contribution in [3.63, 3.8) is 0 Å². The van der Waals surface area contributed by atoms with Crippen LogP contribution >= 0.6 is 0 Å². The third-order valence-electron chi connectivity index (χ3n) is 4.75. The van der Waals surface area contributed by atoms with E-state index in [-0.39, 0.29) is 6.10 Å². The van der Waals surface area contributed by atoms with E-state index < -0.39 is 0 Å². The highest BCUT2D eigenvalue weighted by Crippen LogP contribution is 2.36. The Morgan fingerprint density at radius 3 is 2.94 bits per heavy atom. The molecule has 0 aromatic rings. The SMILES string of the molecule is CC(O)C=CCCCC1CCC(C)C2CCCN12. The van der Waals surface area contributed by atoms with E-state index in [9.17, 15) is 0 Å². The number of hydrogen-bond acceptors (Lipinski definition) is 2. The second kappa shape index (κ2) is 6.72. The summed E-state index contributed by atoms with van der Waals surface area (Å²) in [6, 6.07) is 1.73. The van der Waals surface area contributed by atoms with E-state index >= 15 is 0 Å². The zero-order valence-electron chi connectivity index (χ0n) is 12.0. The number of rotatable bonds is 5. The summed E-state index contributed by atoms with van der Waals surface area (Å²) in [5, 5.41) is 9.16. The van der Waals surface area contributed by atoms with Crippen LogP contribution in [0.2, 0.25) is 0 Å². The molecule has 0 amide bonds. The number of piperidine rings is 1. The fraction of sp³-hybridized carbons (Fsp3) is 0.875. The van der Waals surface area contributed by atoms with Gasteiger partial charge in [-0.15, -0.1) is 0 Å². The lowest BCUT2D eigenvalue weighted by molar-refractivity contribution is 0.0756. The van der Waals surface area contributed by atoms with Gasteiger partial charge < -0.3 is 5.11 Å². The first-order valence-electron chi connectivity index (χ1n) is 7.79. The number of fused-ring (bicyclic) bond motifs is 1. The topological polar surface area (TPSA) is 23.5 Å². The van der Waals surface area contributed by atoms with Gasteiger partial charge in [-0.3, -0.25) is 4.90 Å². The van der Waals surface area contributed by atoms with Gasteiger partial charge in [-0.1, -0.05) is 19.1 Å². The second-order valence-corrected chi connectivity index (χ2v) is 6.26. The summed E-state index contributed by atoms with van der Waals surface area (Å²) in [5.74, 6) is 0.916. The zero-order chi connectivity index (χ0) is 13.0. The van der Waals surface area contributed by atoms with Crippen LogP contribution in [0.15, 0.2) is 12.2 Å². The first-order chi connectivity index (χ1) is 8.68. The van der Waals surface area contributed by atoms with Gasteiger partial charge in [0.25, 0.3) is 0 Å². The Morgan fingerprint density at radius 1 is 1.33 bits per heavy atom. The highest BCUT2D eigenvalue weighted by atomic mass is 16.3. The minimum atomic E-state index is -0.288. The standard InChI is InChI=1S/C16H29NO/c1-13-10-11-15(17-12-6-9-16(13)17)8-5-3-4-7-14(2)18/h4,7,13-16,18H,3,5-6,8-12H2,1-2H3. The molecule has 4 unspecified atom stereocenters. The molecular formula is C16H29NO. The van der Waals surface area contributed by atoms with Gasteiger partial charge in [0.05, 0.1) is 6.10 Å². The molecule has 18 heavy (non-hydrogen) atoms. The van der Waals surface area contributed by atoms with Crippen molar-refractivity contribution in [1.29, 1.82) is 0 Å². The molecule has 0 aromatic heterocycles. The van der Waals surface area contributed by atoms with E-state index in [2.05, 4.69) is 17.9 Å². The summed E-state index contributed by atoms with van der Waals surface area (Å²) in [6.07, 6.45) is 13.1. The third kappa shape index (κ3) is 3.58. The van der Waals surface area contributed by atoms with E-state index in [1.54, 1.807) is 0 Å². The number of allylic oxidation sites excluding steroid dienone is 1. The van der Waals surface area contributed by atoms with Gasteiger partial charge in [0, 0.05) is 12.1 Å². The van der Waals surface area contributed by atoms with Gasteiger partial charge in [0.2, 0.25) is 0 Å². The van der Waals surface area contributed by atoms with Gasteiger partial charge in [-0.25, -0.2) is 0 Å². The normalized spacial score (nSPS) is 34.9. The molecule has 2 aliphatic heterocycles. The van der Waals surface area contributed by atoms with Crippen molar-refractivity contribution < 1.29 is 5.11 Å². The quantitative estimate of drug-likeness (QED) is 0.598. The Kier molecular flexibility index (Phi) is 5.25. The van der Waals surface area contributed by atoms with Gasteiger partial charge in [-0.05, 0) is 64.3 Å². The molecule has 0 spiro atoms. The molecule has 0 saturated carbocycles. The predicted molar refractivity (Wildman–Crippen MR) is 76.6 cm³/mol. The van der Waals surface area contributed by atoms with Crippen LogP contribution in [0.3, 0.4) is 0 Å². The summed E-state index contributed by atoms with van der Waals surface area (Å²) in [5.41, 5.74) is 0. The molecule has 4 atom stereocenters. The van der Waals surface area contributed by atoms with Crippen molar-refractivity contribution in [2.24, 2.45) is 5.92 Å². The van der Waals surface area contributed by atoms with Gasteiger partial charge in [-0.2, -0.15) is 0 Å². The average Bonchev–Trinajstić information content (AvgIpc) is 2.81. The average molecular weight is 251 g/mol. The lowest BCUT2D eigenvalue weighted by Gasteiger charge is -2.41. The minimum absolute atomic E-state index is 0.288. The maximum atomic E-state index is 9.16. The highest BCUT2D eigenvalue weighted by Gasteiger charge is 2.37. The number of unbranched alkanes of at least 4 members (excludes halogenated alkanes) is 1. The van der Waals surface area contributed by atoms with Crippen molar-refractivity contribution in [3.05, 3.63) is 12.2 Å². The van der Waals surface area contributed by atoms with Crippen LogP contribution in [0.25, 0.3) is 0 Å². The minimum Gasteiger partial charge on any atom is -0.389 e. The van der Waals surface area contributed by atoms with Gasteiger partial charge in [0.1, 0.15) is 0 Å². The van der Waals surface area contributed by atoms with E-state index in [1.165, 1.54) is 45.1 Å². The van der Waals surface area contributed by atoms with Crippen LogP contribution in [0.5, 0.6) is 0 Å². The monoisotopic (exact) mass is 251 g/mol. The van der Waals surface area contributed by atoms with Crippen molar-refractivity contribution in [2.75, 3.05) is 6.54 Å². The first kappa shape index (κ1) is 14.1. The maximum Gasteiger partial charge on any atom is 0.0692 e. The molecule has 2 aliphatic rings. The highest BCUT2D eigenvalue weighted by molar-refractivity contribution is 4.93. The van der Waals surface area contributed by atoms with Crippen molar-refractivity contribution in [2.45, 2.75) is 77.0 Å². The Balaban J connectivity index is 1.72. The molecule has 2 heteroatoms. The number of aliphatic hydroxyl groups is 1. The molecule has 2 nitrogen and oxygen atoms in total. The molecular weight excluding hydrogens is 222 g/mol. The van der Waals surface area contributed by atoms with E-state index in [1.807, 2.05) is 13.0 Å². The van der Waals surface area contributed by atoms with E-state index in [4.69, 9.17) is 5.11 Å². The summed E-state index contributed by atoms with van der Waals surface area (Å²) < 4.78 is 0. The van der Waals surface area contributed by atoms with Crippen LogP contribution in [-0.4, -0.2) is 34.7 Å². The molecule has 104 valence electrons. The Hall–Kier alpha value is -0.340. The second-order valence-electron chi connectivity index (χ2n) is 6.26. The molecule has 2 fully saturated rings. The molecule has 1 N–H and O–H groups in total. The number of hydrogen-bond donors (Lipinski definition) is 1. The van der Waals surface area contributed by atoms with E-state index in [0.29, 0.717) is 0 Å². The van der Waals surface area contributed by atoms with Crippen LogP contribution in [0, 0.1) is 5.92 Å². The third-order valence-corrected chi connectivity index (χ3v) is 4.75. The Morgan fingerprint density at radius 2 is 2.17 bits per heavy atom. The summed E-state index contributed by atoms with van der Waals surface area (Å²) in [6.45, 7) is 5.58. The van der Waals surface area contributed by atoms with Crippen LogP contribution in [-0.2, 0) is 0 Å². The lowest BCUT2D eigenvalue weighted by Crippen LogP contribution is -2.46. The smallest absolute Gasteiger partial charge is 0.0692 e. The van der Waals surface area contributed by atoms with Gasteiger partial charge in [0.15, 0.2) is 0 Å². The fourth-order valence-corrected chi connectivity index (χ4v) is 3.77. The largest absolute Gasteiger partial charge is 0.389 e. The number of nitrogens with zero attached hydrogens (tertiary/aromatic N) is 1. The molecule has 2 rings (SSSR count). The molecule has 0 radical (unpaired) electrons. The van der Waals surface area contributed by atoms with Crippen molar-refractivity contribution >= 4 is 0 Å². The van der Waals surface area contributed by atoms with Crippen LogP contribution < -0.4 is 0 Å². The van der Waals surface area contributed by atoms with E-state index in [0.717, 1.165) is 24.4 Å². The molecule has 0 aromatic carbocycles. The molecule has 2 heterocycles. The first-order valence-corrected chi connectivity index (χ1v) is 7.79.